The molecule has 1 unspecified atom stereocenters. The Morgan fingerprint density at radius 2 is 2.00 bits per heavy atom. The largest absolute Gasteiger partial charge is 0.495 e. The number of piperazine rings is 1. The van der Waals surface area contributed by atoms with Crippen LogP contribution in [0.25, 0.3) is 0 Å². The number of anilines is 1. The number of sulfonamides is 1. The Bertz CT molecular complexity index is 1180. The molecule has 0 saturated carbocycles. The zero-order valence-corrected chi connectivity index (χ0v) is 19.9. The molecule has 180 valence electrons. The number of amides is 1. The van der Waals surface area contributed by atoms with Gasteiger partial charge in [0.2, 0.25) is 10.0 Å². The minimum absolute atomic E-state index is 0.0908. The maximum atomic E-state index is 12.9. The molecule has 2 aromatic carbocycles. The van der Waals surface area contributed by atoms with E-state index in [1.165, 1.54) is 6.07 Å². The molecule has 4 rings (SSSR count). The first-order valence-electron chi connectivity index (χ1n) is 11.2. The van der Waals surface area contributed by atoms with Crippen LogP contribution >= 0.6 is 0 Å². The molecule has 1 N–H and O–H groups in total. The van der Waals surface area contributed by atoms with Gasteiger partial charge in [0.05, 0.1) is 35.4 Å². The summed E-state index contributed by atoms with van der Waals surface area (Å²) in [6, 6.07) is 13.5. The van der Waals surface area contributed by atoms with Crippen LogP contribution in [0.1, 0.15) is 28.8 Å². The smallest absolute Gasteiger partial charge is 0.254 e. The van der Waals surface area contributed by atoms with E-state index in [4.69, 9.17) is 14.7 Å². The molecule has 9 nitrogen and oxygen atoms in total. The van der Waals surface area contributed by atoms with E-state index in [1.54, 1.807) is 48.4 Å². The normalized spacial score (nSPS) is 18.5. The summed E-state index contributed by atoms with van der Waals surface area (Å²) in [5.74, 6) is 0.443. The van der Waals surface area contributed by atoms with Gasteiger partial charge in [-0.25, -0.2) is 13.1 Å². The first-order chi connectivity index (χ1) is 16.4. The van der Waals surface area contributed by atoms with E-state index < -0.39 is 10.0 Å². The van der Waals surface area contributed by atoms with Crippen LogP contribution in [0.4, 0.5) is 5.69 Å². The second-order valence-electron chi connectivity index (χ2n) is 8.29. The number of nitrogens with one attached hydrogen (secondary N) is 1. The third kappa shape index (κ3) is 5.33. The van der Waals surface area contributed by atoms with Crippen molar-refractivity contribution < 1.29 is 22.7 Å². The molecule has 1 atom stereocenters. The molecule has 2 aliphatic heterocycles. The van der Waals surface area contributed by atoms with Gasteiger partial charge >= 0.3 is 0 Å². The average Bonchev–Trinajstić information content (AvgIpc) is 3.41. The quantitative estimate of drug-likeness (QED) is 0.640. The lowest BCUT2D eigenvalue weighted by Gasteiger charge is -2.36. The van der Waals surface area contributed by atoms with E-state index in [0.717, 1.165) is 12.8 Å². The van der Waals surface area contributed by atoms with Crippen molar-refractivity contribution in [1.29, 1.82) is 5.26 Å². The minimum Gasteiger partial charge on any atom is -0.495 e. The Morgan fingerprint density at radius 3 is 2.68 bits per heavy atom. The van der Waals surface area contributed by atoms with E-state index in [1.807, 2.05) is 4.90 Å². The van der Waals surface area contributed by atoms with Gasteiger partial charge in [-0.1, -0.05) is 6.07 Å². The molecule has 10 heteroatoms. The predicted molar refractivity (Wildman–Crippen MR) is 126 cm³/mol. The highest BCUT2D eigenvalue weighted by atomic mass is 32.2. The van der Waals surface area contributed by atoms with Crippen molar-refractivity contribution in [3.05, 3.63) is 53.6 Å². The number of hydrogen-bond donors (Lipinski definition) is 1. The SMILES string of the molecule is COc1ccc(S(=O)(=O)NCC2CCCO2)cc1N1CCN(C(=O)c2cccc(C#N)c2)CC1. The van der Waals surface area contributed by atoms with Crippen LogP contribution in [0.15, 0.2) is 47.4 Å². The molecule has 0 radical (unpaired) electrons. The van der Waals surface area contributed by atoms with Gasteiger partial charge in [-0.15, -0.1) is 0 Å². The highest BCUT2D eigenvalue weighted by Gasteiger charge is 2.26. The number of ether oxygens (including phenoxy) is 2. The Balaban J connectivity index is 1.45. The summed E-state index contributed by atoms with van der Waals surface area (Å²) in [6.45, 7) is 2.88. The molecule has 34 heavy (non-hydrogen) atoms. The maximum Gasteiger partial charge on any atom is 0.254 e. The Hall–Kier alpha value is -3.13. The zero-order chi connectivity index (χ0) is 24.1. The number of nitrogens with zero attached hydrogens (tertiary/aromatic N) is 3. The van der Waals surface area contributed by atoms with Gasteiger partial charge in [-0.2, -0.15) is 5.26 Å². The van der Waals surface area contributed by atoms with E-state index in [-0.39, 0.29) is 23.5 Å². The van der Waals surface area contributed by atoms with Crippen LogP contribution in [-0.2, 0) is 14.8 Å². The van der Waals surface area contributed by atoms with Gasteiger partial charge in [0.15, 0.2) is 0 Å². The lowest BCUT2D eigenvalue weighted by molar-refractivity contribution is 0.0746. The molecule has 2 heterocycles. The predicted octanol–water partition coefficient (Wildman–Crippen LogP) is 1.99. The molecule has 2 aliphatic rings. The highest BCUT2D eigenvalue weighted by Crippen LogP contribution is 2.32. The average molecular weight is 485 g/mol. The number of methoxy groups -OCH3 is 1. The van der Waals surface area contributed by atoms with Crippen LogP contribution in [0.3, 0.4) is 0 Å². The van der Waals surface area contributed by atoms with Gasteiger partial charge < -0.3 is 19.3 Å². The minimum atomic E-state index is -3.70. The third-order valence-corrected chi connectivity index (χ3v) is 7.55. The van der Waals surface area contributed by atoms with Crippen molar-refractivity contribution in [2.75, 3.05) is 51.3 Å². The maximum absolute atomic E-state index is 12.9. The van der Waals surface area contributed by atoms with Crippen molar-refractivity contribution in [2.45, 2.75) is 23.8 Å². The molecule has 1 amide bonds. The summed E-state index contributed by atoms with van der Waals surface area (Å²) in [4.78, 5) is 16.8. The fourth-order valence-electron chi connectivity index (χ4n) is 4.23. The first kappa shape index (κ1) is 24.0. The van der Waals surface area contributed by atoms with Crippen molar-refractivity contribution in [3.8, 4) is 11.8 Å². The van der Waals surface area contributed by atoms with Gasteiger partial charge in [0.25, 0.3) is 5.91 Å². The molecular formula is C24H28N4O5S. The Kier molecular flexibility index (Phi) is 7.36. The summed E-state index contributed by atoms with van der Waals surface area (Å²) < 4.78 is 39.4. The molecule has 0 aromatic heterocycles. The lowest BCUT2D eigenvalue weighted by atomic mass is 10.1. The fourth-order valence-corrected chi connectivity index (χ4v) is 5.32. The molecule has 0 bridgehead atoms. The number of carbonyl (C=O) groups excluding carboxylic acids is 1. The van der Waals surface area contributed by atoms with Crippen LogP contribution < -0.4 is 14.4 Å². The molecule has 2 aromatic rings. The second kappa shape index (κ2) is 10.4. The highest BCUT2D eigenvalue weighted by molar-refractivity contribution is 7.89. The van der Waals surface area contributed by atoms with E-state index in [2.05, 4.69) is 10.8 Å². The summed E-state index contributed by atoms with van der Waals surface area (Å²) in [7, 11) is -2.16. The first-order valence-corrected chi connectivity index (χ1v) is 12.7. The zero-order valence-electron chi connectivity index (χ0n) is 19.1. The van der Waals surface area contributed by atoms with E-state index in [9.17, 15) is 13.2 Å². The number of benzene rings is 2. The van der Waals surface area contributed by atoms with Gasteiger partial charge in [0.1, 0.15) is 5.75 Å². The summed E-state index contributed by atoms with van der Waals surface area (Å²) in [6.07, 6.45) is 1.70. The topological polar surface area (TPSA) is 112 Å². The molecule has 0 aliphatic carbocycles. The monoisotopic (exact) mass is 484 g/mol. The molecule has 2 fully saturated rings. The fraction of sp³-hybridized carbons (Fsp3) is 0.417. The van der Waals surface area contributed by atoms with Crippen LogP contribution in [0, 0.1) is 11.3 Å². The summed E-state index contributed by atoms with van der Waals surface area (Å²) >= 11 is 0. The van der Waals surface area contributed by atoms with Gasteiger partial charge in [-0.05, 0) is 49.2 Å². The second-order valence-corrected chi connectivity index (χ2v) is 10.1. The van der Waals surface area contributed by atoms with Crippen molar-refractivity contribution in [3.63, 3.8) is 0 Å². The van der Waals surface area contributed by atoms with E-state index >= 15 is 0 Å². The standard InChI is InChI=1S/C24H28N4O5S/c1-32-23-8-7-21(34(30,31)26-17-20-6-3-13-33-20)15-22(23)27-9-11-28(12-10-27)24(29)19-5-2-4-18(14-19)16-25/h2,4-5,7-8,14-15,20,26H,3,6,9-13,17H2,1H3. The molecule has 2 saturated heterocycles. The number of nitriles is 1. The van der Waals surface area contributed by atoms with Gasteiger partial charge in [0, 0.05) is 44.9 Å². The van der Waals surface area contributed by atoms with Crippen molar-refractivity contribution in [1.82, 2.24) is 9.62 Å². The number of hydrogen-bond acceptors (Lipinski definition) is 7. The van der Waals surface area contributed by atoms with Crippen LogP contribution in [0.5, 0.6) is 5.75 Å². The summed E-state index contributed by atoms with van der Waals surface area (Å²) in [5.41, 5.74) is 1.59. The third-order valence-electron chi connectivity index (χ3n) is 6.13. The Labute approximate surface area is 199 Å². The number of rotatable bonds is 7. The molecule has 0 spiro atoms. The lowest BCUT2D eigenvalue weighted by Crippen LogP contribution is -2.49. The Morgan fingerprint density at radius 1 is 1.21 bits per heavy atom. The summed E-state index contributed by atoms with van der Waals surface area (Å²) in [5, 5.41) is 9.09. The number of carbonyl (C=O) groups is 1. The van der Waals surface area contributed by atoms with Crippen molar-refractivity contribution in [2.24, 2.45) is 0 Å². The van der Waals surface area contributed by atoms with Crippen molar-refractivity contribution >= 4 is 21.6 Å². The van der Waals surface area contributed by atoms with Gasteiger partial charge in [-0.3, -0.25) is 4.79 Å². The van der Waals surface area contributed by atoms with E-state index in [0.29, 0.717) is 55.3 Å². The van der Waals surface area contributed by atoms with Crippen LogP contribution in [-0.4, -0.2) is 71.8 Å². The molecular weight excluding hydrogens is 456 g/mol. The van der Waals surface area contributed by atoms with Crippen LogP contribution in [0.2, 0.25) is 0 Å².